The van der Waals surface area contributed by atoms with Gasteiger partial charge in [-0.05, 0) is 24.1 Å². The standard InChI is InChI=1S/C15H22ClNO/c1-2-3-4-5-6-11-17-15(18)12-13-7-9-14(16)10-8-13/h7-10H,2-6,11-12H2,1H3,(H,17,18). The van der Waals surface area contributed by atoms with E-state index in [1.165, 1.54) is 25.7 Å². The molecule has 0 aliphatic carbocycles. The summed E-state index contributed by atoms with van der Waals surface area (Å²) in [6.07, 6.45) is 6.53. The van der Waals surface area contributed by atoms with Gasteiger partial charge in [-0.3, -0.25) is 4.79 Å². The highest BCUT2D eigenvalue weighted by atomic mass is 35.5. The molecule has 1 amide bonds. The summed E-state index contributed by atoms with van der Waals surface area (Å²) in [5.41, 5.74) is 1.00. The summed E-state index contributed by atoms with van der Waals surface area (Å²) < 4.78 is 0. The second-order valence-electron chi connectivity index (χ2n) is 4.57. The first-order valence-electron chi connectivity index (χ1n) is 6.73. The average molecular weight is 268 g/mol. The van der Waals surface area contributed by atoms with Crippen molar-refractivity contribution in [1.82, 2.24) is 5.32 Å². The van der Waals surface area contributed by atoms with Crippen molar-refractivity contribution in [1.29, 1.82) is 0 Å². The first kappa shape index (κ1) is 15.0. The summed E-state index contributed by atoms with van der Waals surface area (Å²) in [6.45, 7) is 2.99. The number of halogens is 1. The first-order valence-corrected chi connectivity index (χ1v) is 7.11. The molecule has 0 aromatic heterocycles. The fourth-order valence-corrected chi connectivity index (χ4v) is 1.93. The van der Waals surface area contributed by atoms with Crippen LogP contribution in [0.1, 0.15) is 44.6 Å². The van der Waals surface area contributed by atoms with E-state index < -0.39 is 0 Å². The summed E-state index contributed by atoms with van der Waals surface area (Å²) >= 11 is 5.79. The van der Waals surface area contributed by atoms with Crippen LogP contribution in [0.2, 0.25) is 5.02 Å². The van der Waals surface area contributed by atoms with Gasteiger partial charge in [0.2, 0.25) is 5.91 Å². The molecule has 1 aromatic carbocycles. The molecule has 3 heteroatoms. The summed E-state index contributed by atoms with van der Waals surface area (Å²) in [5, 5.41) is 3.65. The van der Waals surface area contributed by atoms with Gasteiger partial charge in [-0.25, -0.2) is 0 Å². The Hall–Kier alpha value is -1.02. The van der Waals surface area contributed by atoms with Crippen LogP contribution < -0.4 is 5.32 Å². The summed E-state index contributed by atoms with van der Waals surface area (Å²) in [6, 6.07) is 7.41. The number of hydrogen-bond donors (Lipinski definition) is 1. The molecular weight excluding hydrogens is 246 g/mol. The fourth-order valence-electron chi connectivity index (χ4n) is 1.81. The third-order valence-electron chi connectivity index (χ3n) is 2.88. The molecule has 0 aliphatic heterocycles. The van der Waals surface area contributed by atoms with E-state index in [1.54, 1.807) is 0 Å². The SMILES string of the molecule is CCCCCCCNC(=O)Cc1ccc(Cl)cc1. The Bertz CT molecular complexity index is 348. The Morgan fingerprint density at radius 2 is 1.78 bits per heavy atom. The van der Waals surface area contributed by atoms with Gasteiger partial charge in [-0.15, -0.1) is 0 Å². The minimum Gasteiger partial charge on any atom is -0.356 e. The van der Waals surface area contributed by atoms with Crippen LogP contribution >= 0.6 is 11.6 Å². The van der Waals surface area contributed by atoms with E-state index in [0.717, 1.165) is 18.5 Å². The van der Waals surface area contributed by atoms with E-state index in [-0.39, 0.29) is 5.91 Å². The Labute approximate surface area is 115 Å². The lowest BCUT2D eigenvalue weighted by atomic mass is 10.1. The van der Waals surface area contributed by atoms with Gasteiger partial charge in [0, 0.05) is 11.6 Å². The maximum absolute atomic E-state index is 11.6. The molecule has 1 N–H and O–H groups in total. The molecule has 0 radical (unpaired) electrons. The molecular formula is C15H22ClNO. The molecule has 0 bridgehead atoms. The second kappa shape index (κ2) is 8.98. The first-order chi connectivity index (χ1) is 8.72. The number of amides is 1. The molecule has 0 saturated heterocycles. The lowest BCUT2D eigenvalue weighted by Crippen LogP contribution is -2.26. The van der Waals surface area contributed by atoms with E-state index >= 15 is 0 Å². The Morgan fingerprint density at radius 1 is 1.11 bits per heavy atom. The van der Waals surface area contributed by atoms with Gasteiger partial charge in [0.15, 0.2) is 0 Å². The highest BCUT2D eigenvalue weighted by Gasteiger charge is 2.02. The van der Waals surface area contributed by atoms with Crippen molar-refractivity contribution < 1.29 is 4.79 Å². The Morgan fingerprint density at radius 3 is 2.44 bits per heavy atom. The maximum Gasteiger partial charge on any atom is 0.224 e. The van der Waals surface area contributed by atoms with Crippen LogP contribution in [0, 0.1) is 0 Å². The van der Waals surface area contributed by atoms with E-state index in [2.05, 4.69) is 12.2 Å². The molecule has 0 atom stereocenters. The summed E-state index contributed by atoms with van der Waals surface area (Å²) in [7, 11) is 0. The molecule has 0 saturated carbocycles. The largest absolute Gasteiger partial charge is 0.356 e. The normalized spacial score (nSPS) is 10.3. The van der Waals surface area contributed by atoms with Crippen molar-refractivity contribution in [2.45, 2.75) is 45.4 Å². The van der Waals surface area contributed by atoms with Crippen molar-refractivity contribution in [2.24, 2.45) is 0 Å². The molecule has 1 rings (SSSR count). The molecule has 0 aliphatic rings. The topological polar surface area (TPSA) is 29.1 Å². The van der Waals surface area contributed by atoms with Crippen LogP contribution in [0.3, 0.4) is 0 Å². The number of carbonyl (C=O) groups excluding carboxylic acids is 1. The number of nitrogens with one attached hydrogen (secondary N) is 1. The van der Waals surface area contributed by atoms with Crippen LogP contribution in [0.25, 0.3) is 0 Å². The lowest BCUT2D eigenvalue weighted by molar-refractivity contribution is -0.120. The predicted molar refractivity (Wildman–Crippen MR) is 76.9 cm³/mol. The smallest absolute Gasteiger partial charge is 0.224 e. The number of unbranched alkanes of at least 4 members (excludes halogenated alkanes) is 4. The van der Waals surface area contributed by atoms with Crippen molar-refractivity contribution in [3.8, 4) is 0 Å². The van der Waals surface area contributed by atoms with Crippen molar-refractivity contribution in [3.05, 3.63) is 34.9 Å². The number of carbonyl (C=O) groups is 1. The van der Waals surface area contributed by atoms with Crippen molar-refractivity contribution >= 4 is 17.5 Å². The van der Waals surface area contributed by atoms with Crippen molar-refractivity contribution in [2.75, 3.05) is 6.54 Å². The van der Waals surface area contributed by atoms with Gasteiger partial charge in [0.1, 0.15) is 0 Å². The Kier molecular flexibility index (Phi) is 7.51. The number of rotatable bonds is 8. The molecule has 0 spiro atoms. The monoisotopic (exact) mass is 267 g/mol. The fraction of sp³-hybridized carbons (Fsp3) is 0.533. The van der Waals surface area contributed by atoms with Gasteiger partial charge in [-0.1, -0.05) is 56.3 Å². The van der Waals surface area contributed by atoms with Crippen molar-refractivity contribution in [3.63, 3.8) is 0 Å². The molecule has 1 aromatic rings. The predicted octanol–water partition coefficient (Wildman–Crippen LogP) is 3.97. The molecule has 0 heterocycles. The van der Waals surface area contributed by atoms with Gasteiger partial charge in [-0.2, -0.15) is 0 Å². The molecule has 2 nitrogen and oxygen atoms in total. The van der Waals surface area contributed by atoms with Crippen LogP contribution in [0.5, 0.6) is 0 Å². The lowest BCUT2D eigenvalue weighted by Gasteiger charge is -2.05. The Balaban J connectivity index is 2.12. The second-order valence-corrected chi connectivity index (χ2v) is 5.00. The van der Waals surface area contributed by atoms with Crippen LogP contribution in [0.4, 0.5) is 0 Å². The van der Waals surface area contributed by atoms with E-state index in [4.69, 9.17) is 11.6 Å². The summed E-state index contributed by atoms with van der Waals surface area (Å²) in [4.78, 5) is 11.6. The van der Waals surface area contributed by atoms with Gasteiger partial charge in [0.05, 0.1) is 6.42 Å². The highest BCUT2D eigenvalue weighted by Crippen LogP contribution is 2.09. The minimum absolute atomic E-state index is 0.0906. The maximum atomic E-state index is 11.6. The van der Waals surface area contributed by atoms with E-state index in [9.17, 15) is 4.79 Å². The van der Waals surface area contributed by atoms with Gasteiger partial charge >= 0.3 is 0 Å². The van der Waals surface area contributed by atoms with Crippen LogP contribution in [0.15, 0.2) is 24.3 Å². The zero-order valence-electron chi connectivity index (χ0n) is 11.0. The molecule has 100 valence electrons. The third kappa shape index (κ3) is 6.65. The quantitative estimate of drug-likeness (QED) is 0.710. The zero-order chi connectivity index (χ0) is 13.2. The minimum atomic E-state index is 0.0906. The van der Waals surface area contributed by atoms with Crippen LogP contribution in [-0.2, 0) is 11.2 Å². The highest BCUT2D eigenvalue weighted by molar-refractivity contribution is 6.30. The molecule has 0 unspecified atom stereocenters. The van der Waals surface area contributed by atoms with Crippen LogP contribution in [-0.4, -0.2) is 12.5 Å². The molecule has 18 heavy (non-hydrogen) atoms. The van der Waals surface area contributed by atoms with E-state index in [0.29, 0.717) is 11.4 Å². The van der Waals surface area contributed by atoms with Gasteiger partial charge in [0.25, 0.3) is 0 Å². The number of benzene rings is 1. The zero-order valence-corrected chi connectivity index (χ0v) is 11.8. The molecule has 0 fully saturated rings. The summed E-state index contributed by atoms with van der Waals surface area (Å²) in [5.74, 6) is 0.0906. The third-order valence-corrected chi connectivity index (χ3v) is 3.13. The number of hydrogen-bond acceptors (Lipinski definition) is 1. The van der Waals surface area contributed by atoms with E-state index in [1.807, 2.05) is 24.3 Å². The van der Waals surface area contributed by atoms with Gasteiger partial charge < -0.3 is 5.32 Å². The average Bonchev–Trinajstić information content (AvgIpc) is 2.36.